The van der Waals surface area contributed by atoms with E-state index in [1.54, 1.807) is 13.0 Å². The Hall–Kier alpha value is -1.19. The molecular weight excluding hydrogens is 231 g/mol. The number of allylic oxidation sites excluding steroid dienone is 1. The predicted molar refractivity (Wildman–Crippen MR) is 66.6 cm³/mol. The predicted octanol–water partition coefficient (Wildman–Crippen LogP) is 3.66. The summed E-state index contributed by atoms with van der Waals surface area (Å²) in [4.78, 5) is 0. The van der Waals surface area contributed by atoms with Gasteiger partial charge in [0.05, 0.1) is 6.61 Å². The van der Waals surface area contributed by atoms with Gasteiger partial charge in [-0.05, 0) is 30.5 Å². The van der Waals surface area contributed by atoms with Gasteiger partial charge in [-0.25, -0.2) is 4.39 Å². The van der Waals surface area contributed by atoms with Crippen LogP contribution in [0.25, 0.3) is 0 Å². The van der Waals surface area contributed by atoms with Crippen LogP contribution < -0.4 is 0 Å². The van der Waals surface area contributed by atoms with Crippen molar-refractivity contribution in [1.82, 2.24) is 0 Å². The Kier molecular flexibility index (Phi) is 2.96. The van der Waals surface area contributed by atoms with Gasteiger partial charge in [0.15, 0.2) is 5.79 Å². The number of hydrogen-bond donors (Lipinski definition) is 0. The fraction of sp³-hybridized carbons (Fsp3) is 0.467. The van der Waals surface area contributed by atoms with Crippen LogP contribution >= 0.6 is 0 Å². The lowest BCUT2D eigenvalue weighted by atomic mass is 10.0. The molecule has 1 aliphatic heterocycles. The third kappa shape index (κ3) is 2.08. The quantitative estimate of drug-likeness (QED) is 0.706. The van der Waals surface area contributed by atoms with Crippen LogP contribution in [0.2, 0.25) is 0 Å². The molecule has 0 saturated carbocycles. The van der Waals surface area contributed by atoms with Gasteiger partial charge < -0.3 is 9.47 Å². The average Bonchev–Trinajstić information content (AvgIpc) is 2.78. The molecule has 0 amide bonds. The van der Waals surface area contributed by atoms with E-state index in [4.69, 9.17) is 9.47 Å². The van der Waals surface area contributed by atoms with Gasteiger partial charge in [0, 0.05) is 12.8 Å². The summed E-state index contributed by atoms with van der Waals surface area (Å²) in [6.07, 6.45) is 6.91. The molecular formula is C15H17FO2. The van der Waals surface area contributed by atoms with Crippen molar-refractivity contribution in [3.05, 3.63) is 47.3 Å². The van der Waals surface area contributed by atoms with Crippen molar-refractivity contribution in [3.8, 4) is 0 Å². The van der Waals surface area contributed by atoms with Crippen molar-refractivity contribution in [3.63, 3.8) is 0 Å². The zero-order chi connectivity index (χ0) is 12.6. The number of aryl methyl sites for hydroxylation is 1. The Morgan fingerprint density at radius 3 is 2.94 bits per heavy atom. The first-order chi connectivity index (χ1) is 8.69. The number of ether oxygens (including phenoxy) is 2. The smallest absolute Gasteiger partial charge is 0.173 e. The van der Waals surface area contributed by atoms with E-state index in [1.165, 1.54) is 6.07 Å². The summed E-state index contributed by atoms with van der Waals surface area (Å²) >= 11 is 0. The van der Waals surface area contributed by atoms with Gasteiger partial charge in [-0.15, -0.1) is 0 Å². The second-order valence-corrected chi connectivity index (χ2v) is 5.05. The van der Waals surface area contributed by atoms with Crippen molar-refractivity contribution in [2.45, 2.75) is 38.1 Å². The lowest BCUT2D eigenvalue weighted by Crippen LogP contribution is -2.30. The molecule has 1 aromatic carbocycles. The average molecular weight is 248 g/mol. The molecule has 1 fully saturated rings. The molecule has 0 aromatic heterocycles. The van der Waals surface area contributed by atoms with Gasteiger partial charge in [-0.1, -0.05) is 24.3 Å². The van der Waals surface area contributed by atoms with Gasteiger partial charge >= 0.3 is 0 Å². The van der Waals surface area contributed by atoms with Crippen molar-refractivity contribution in [2.75, 3.05) is 6.61 Å². The second kappa shape index (κ2) is 4.48. The molecule has 96 valence electrons. The molecule has 3 heteroatoms. The molecule has 2 atom stereocenters. The number of halogens is 1. The summed E-state index contributed by atoms with van der Waals surface area (Å²) < 4.78 is 25.2. The molecule has 2 unspecified atom stereocenters. The van der Waals surface area contributed by atoms with Gasteiger partial charge in [0.2, 0.25) is 0 Å². The first-order valence-corrected chi connectivity index (χ1v) is 6.41. The molecule has 18 heavy (non-hydrogen) atoms. The minimum Gasteiger partial charge on any atom is -0.346 e. The molecule has 0 N–H and O–H groups in total. The highest BCUT2D eigenvalue weighted by atomic mass is 19.1. The Morgan fingerprint density at radius 2 is 2.22 bits per heavy atom. The van der Waals surface area contributed by atoms with E-state index in [9.17, 15) is 4.39 Å². The van der Waals surface area contributed by atoms with Crippen LogP contribution in [0, 0.1) is 12.7 Å². The Labute approximate surface area is 106 Å². The van der Waals surface area contributed by atoms with Crippen LogP contribution in [0.4, 0.5) is 4.39 Å². The van der Waals surface area contributed by atoms with E-state index in [1.807, 2.05) is 6.07 Å². The van der Waals surface area contributed by atoms with E-state index < -0.39 is 5.79 Å². The number of hydrogen-bond acceptors (Lipinski definition) is 2. The lowest BCUT2D eigenvalue weighted by Gasteiger charge is -2.29. The Balaban J connectivity index is 1.79. The lowest BCUT2D eigenvalue weighted by molar-refractivity contribution is -0.172. The topological polar surface area (TPSA) is 18.5 Å². The highest BCUT2D eigenvalue weighted by Gasteiger charge is 2.41. The van der Waals surface area contributed by atoms with Crippen LogP contribution in [-0.2, 0) is 9.47 Å². The summed E-state index contributed by atoms with van der Waals surface area (Å²) in [5.41, 5.74) is 1.65. The van der Waals surface area contributed by atoms with Gasteiger partial charge in [-0.2, -0.15) is 0 Å². The van der Waals surface area contributed by atoms with Crippen LogP contribution in [0.15, 0.2) is 30.4 Å². The maximum Gasteiger partial charge on any atom is 0.173 e. The van der Waals surface area contributed by atoms with Crippen LogP contribution in [0.3, 0.4) is 0 Å². The molecule has 1 aromatic rings. The Morgan fingerprint density at radius 1 is 1.33 bits per heavy atom. The third-order valence-corrected chi connectivity index (χ3v) is 3.70. The molecule has 2 nitrogen and oxygen atoms in total. The first kappa shape index (κ1) is 11.9. The molecule has 0 bridgehead atoms. The van der Waals surface area contributed by atoms with Crippen LogP contribution in [0.1, 0.15) is 36.5 Å². The zero-order valence-electron chi connectivity index (χ0n) is 10.5. The van der Waals surface area contributed by atoms with E-state index in [0.717, 1.165) is 24.8 Å². The Bertz CT molecular complexity index is 483. The van der Waals surface area contributed by atoms with Crippen molar-refractivity contribution < 1.29 is 13.9 Å². The van der Waals surface area contributed by atoms with Gasteiger partial charge in [0.1, 0.15) is 11.9 Å². The maximum absolute atomic E-state index is 13.3. The molecule has 3 rings (SSSR count). The zero-order valence-corrected chi connectivity index (χ0v) is 10.5. The standard InChI is InChI=1S/C15H17FO2/c1-11-9-12(5-6-13(11)16)14-10-17-15(18-14)7-3-2-4-8-15/h2-3,5-6,9,14H,4,7-8,10H2,1H3. The number of rotatable bonds is 1. The molecule has 1 spiro atoms. The van der Waals surface area contributed by atoms with Gasteiger partial charge in [0.25, 0.3) is 0 Å². The van der Waals surface area contributed by atoms with E-state index in [2.05, 4.69) is 12.2 Å². The van der Waals surface area contributed by atoms with Crippen molar-refractivity contribution in [2.24, 2.45) is 0 Å². The summed E-state index contributed by atoms with van der Waals surface area (Å²) in [5, 5.41) is 0. The normalized spacial score (nSPS) is 31.1. The molecule has 1 aliphatic carbocycles. The largest absolute Gasteiger partial charge is 0.346 e. The monoisotopic (exact) mass is 248 g/mol. The van der Waals surface area contributed by atoms with Crippen LogP contribution in [-0.4, -0.2) is 12.4 Å². The fourth-order valence-corrected chi connectivity index (χ4v) is 2.61. The summed E-state index contributed by atoms with van der Waals surface area (Å²) in [6.45, 7) is 2.33. The van der Waals surface area contributed by atoms with E-state index in [0.29, 0.717) is 12.2 Å². The van der Waals surface area contributed by atoms with E-state index >= 15 is 0 Å². The van der Waals surface area contributed by atoms with Gasteiger partial charge in [-0.3, -0.25) is 0 Å². The molecule has 2 aliphatic rings. The summed E-state index contributed by atoms with van der Waals surface area (Å²) in [7, 11) is 0. The van der Waals surface area contributed by atoms with E-state index in [-0.39, 0.29) is 11.9 Å². The minimum atomic E-state index is -0.443. The summed E-state index contributed by atoms with van der Waals surface area (Å²) in [5.74, 6) is -0.616. The third-order valence-electron chi connectivity index (χ3n) is 3.70. The second-order valence-electron chi connectivity index (χ2n) is 5.05. The highest BCUT2D eigenvalue weighted by molar-refractivity contribution is 5.26. The van der Waals surface area contributed by atoms with Crippen LogP contribution in [0.5, 0.6) is 0 Å². The minimum absolute atomic E-state index is 0.0733. The summed E-state index contributed by atoms with van der Waals surface area (Å²) in [6, 6.07) is 5.13. The molecule has 1 heterocycles. The maximum atomic E-state index is 13.3. The number of benzene rings is 1. The molecule has 0 radical (unpaired) electrons. The first-order valence-electron chi connectivity index (χ1n) is 6.41. The highest BCUT2D eigenvalue weighted by Crippen LogP contribution is 2.40. The SMILES string of the molecule is Cc1cc(C2COC3(CC=CCC3)O2)ccc1F. The van der Waals surface area contributed by atoms with Crippen molar-refractivity contribution in [1.29, 1.82) is 0 Å². The van der Waals surface area contributed by atoms with Crippen molar-refractivity contribution >= 4 is 0 Å². The molecule has 1 saturated heterocycles. The fourth-order valence-electron chi connectivity index (χ4n) is 2.61.